The molecule has 0 amide bonds. The summed E-state index contributed by atoms with van der Waals surface area (Å²) >= 11 is 12.3. The molecule has 1 heterocycles. The Hall–Kier alpha value is -1.39. The fourth-order valence-corrected chi connectivity index (χ4v) is 3.18. The van der Waals surface area contributed by atoms with Gasteiger partial charge in [0.2, 0.25) is 0 Å². The molecular formula is C17H18ClN3S2. The smallest absolute Gasteiger partial charge is 0.156 e. The van der Waals surface area contributed by atoms with Crippen LogP contribution in [0.1, 0.15) is 19.4 Å². The number of thioether (sulfide) groups is 1. The maximum atomic E-state index is 5.91. The Morgan fingerprint density at radius 3 is 2.48 bits per heavy atom. The fraction of sp³-hybridized carbons (Fsp3) is 0.294. The SMILES string of the molecule is CCN(CC)c1nc(SCc2ccc(Cl)cc2)ccc1N=C=S. The monoisotopic (exact) mass is 363 g/mol. The average molecular weight is 364 g/mol. The molecule has 0 radical (unpaired) electrons. The van der Waals surface area contributed by atoms with E-state index in [1.807, 2.05) is 36.4 Å². The van der Waals surface area contributed by atoms with E-state index in [4.69, 9.17) is 28.8 Å². The van der Waals surface area contributed by atoms with E-state index in [2.05, 4.69) is 28.9 Å². The number of rotatable bonds is 7. The van der Waals surface area contributed by atoms with E-state index in [1.54, 1.807) is 11.8 Å². The van der Waals surface area contributed by atoms with E-state index >= 15 is 0 Å². The molecule has 0 aliphatic rings. The minimum absolute atomic E-state index is 0.753. The van der Waals surface area contributed by atoms with Gasteiger partial charge in [-0.2, -0.15) is 4.99 Å². The van der Waals surface area contributed by atoms with Crippen LogP contribution in [-0.4, -0.2) is 23.2 Å². The van der Waals surface area contributed by atoms with Crippen LogP contribution >= 0.6 is 35.6 Å². The molecule has 0 unspecified atom stereocenters. The molecule has 0 atom stereocenters. The van der Waals surface area contributed by atoms with Gasteiger partial charge < -0.3 is 4.90 Å². The number of nitrogens with zero attached hydrogens (tertiary/aromatic N) is 3. The van der Waals surface area contributed by atoms with Crippen LogP contribution in [0.15, 0.2) is 46.4 Å². The van der Waals surface area contributed by atoms with E-state index in [0.29, 0.717) is 0 Å². The van der Waals surface area contributed by atoms with Crippen LogP contribution in [0.25, 0.3) is 0 Å². The number of thiocarbonyl (C=S) groups is 1. The van der Waals surface area contributed by atoms with E-state index < -0.39 is 0 Å². The first kappa shape index (κ1) is 18.0. The summed E-state index contributed by atoms with van der Waals surface area (Å²) in [6, 6.07) is 11.8. The van der Waals surface area contributed by atoms with Gasteiger partial charge in [0.05, 0.1) is 10.2 Å². The van der Waals surface area contributed by atoms with Crippen molar-refractivity contribution in [2.45, 2.75) is 24.6 Å². The molecule has 23 heavy (non-hydrogen) atoms. The van der Waals surface area contributed by atoms with Crippen LogP contribution < -0.4 is 4.90 Å². The van der Waals surface area contributed by atoms with E-state index in [-0.39, 0.29) is 0 Å². The Kier molecular flexibility index (Phi) is 7.06. The van der Waals surface area contributed by atoms with Crippen molar-refractivity contribution < 1.29 is 0 Å². The molecule has 2 aromatic rings. The molecule has 0 N–H and O–H groups in total. The molecule has 0 aliphatic carbocycles. The molecule has 120 valence electrons. The molecule has 3 nitrogen and oxygen atoms in total. The van der Waals surface area contributed by atoms with Crippen molar-refractivity contribution >= 4 is 52.2 Å². The highest BCUT2D eigenvalue weighted by atomic mass is 35.5. The van der Waals surface area contributed by atoms with Crippen LogP contribution in [0.2, 0.25) is 5.02 Å². The normalized spacial score (nSPS) is 10.2. The second-order valence-corrected chi connectivity index (χ2v) is 6.40. The van der Waals surface area contributed by atoms with Gasteiger partial charge >= 0.3 is 0 Å². The van der Waals surface area contributed by atoms with Crippen molar-refractivity contribution in [1.29, 1.82) is 0 Å². The van der Waals surface area contributed by atoms with Gasteiger partial charge in [0.1, 0.15) is 5.69 Å². The minimum Gasteiger partial charge on any atom is -0.355 e. The summed E-state index contributed by atoms with van der Waals surface area (Å²) in [6.07, 6.45) is 0. The number of pyridine rings is 1. The summed E-state index contributed by atoms with van der Waals surface area (Å²) in [5.41, 5.74) is 1.98. The predicted molar refractivity (Wildman–Crippen MR) is 103 cm³/mol. The first-order valence-electron chi connectivity index (χ1n) is 7.39. The molecular weight excluding hydrogens is 346 g/mol. The van der Waals surface area contributed by atoms with Gasteiger partial charge in [0.15, 0.2) is 5.82 Å². The second-order valence-electron chi connectivity index (χ2n) is 4.78. The van der Waals surface area contributed by atoms with Crippen molar-refractivity contribution in [3.8, 4) is 0 Å². The van der Waals surface area contributed by atoms with Crippen LogP contribution in [0, 0.1) is 0 Å². The molecule has 1 aromatic heterocycles. The summed E-state index contributed by atoms with van der Waals surface area (Å²) in [5.74, 6) is 1.70. The zero-order valence-electron chi connectivity index (χ0n) is 13.1. The predicted octanol–water partition coefficient (Wildman–Crippen LogP) is 5.61. The largest absolute Gasteiger partial charge is 0.355 e. The number of hydrogen-bond donors (Lipinski definition) is 0. The number of hydrogen-bond acceptors (Lipinski definition) is 5. The van der Waals surface area contributed by atoms with Crippen LogP contribution in [-0.2, 0) is 5.75 Å². The van der Waals surface area contributed by atoms with Crippen molar-refractivity contribution in [1.82, 2.24) is 4.98 Å². The lowest BCUT2D eigenvalue weighted by atomic mass is 10.2. The first-order valence-corrected chi connectivity index (χ1v) is 9.16. The maximum Gasteiger partial charge on any atom is 0.156 e. The second kappa shape index (κ2) is 9.04. The molecule has 0 aliphatic heterocycles. The molecule has 0 fully saturated rings. The lowest BCUT2D eigenvalue weighted by molar-refractivity contribution is 0.836. The van der Waals surface area contributed by atoms with Crippen LogP contribution in [0.4, 0.5) is 11.5 Å². The number of halogens is 1. The Morgan fingerprint density at radius 1 is 1.17 bits per heavy atom. The third-order valence-electron chi connectivity index (χ3n) is 3.36. The number of benzene rings is 1. The van der Waals surface area contributed by atoms with Gasteiger partial charge in [-0.25, -0.2) is 4.98 Å². The zero-order valence-corrected chi connectivity index (χ0v) is 15.5. The molecule has 6 heteroatoms. The van der Waals surface area contributed by atoms with E-state index in [0.717, 1.165) is 40.4 Å². The first-order chi connectivity index (χ1) is 11.2. The van der Waals surface area contributed by atoms with Crippen molar-refractivity contribution in [2.75, 3.05) is 18.0 Å². The fourth-order valence-electron chi connectivity index (χ4n) is 2.13. The Bertz CT molecular complexity index is 693. The van der Waals surface area contributed by atoms with Crippen molar-refractivity contribution in [2.24, 2.45) is 4.99 Å². The van der Waals surface area contributed by atoms with E-state index in [1.165, 1.54) is 5.56 Å². The van der Waals surface area contributed by atoms with Crippen LogP contribution in [0.3, 0.4) is 0 Å². The van der Waals surface area contributed by atoms with E-state index in [9.17, 15) is 0 Å². The summed E-state index contributed by atoms with van der Waals surface area (Å²) in [6.45, 7) is 5.94. The third kappa shape index (κ3) is 5.05. The summed E-state index contributed by atoms with van der Waals surface area (Å²) in [7, 11) is 0. The quantitative estimate of drug-likeness (QED) is 0.363. The molecule has 2 rings (SSSR count). The number of isothiocyanates is 1. The summed E-state index contributed by atoms with van der Waals surface area (Å²) < 4.78 is 0. The van der Waals surface area contributed by atoms with Gasteiger partial charge in [0, 0.05) is 23.9 Å². The topological polar surface area (TPSA) is 28.5 Å². The van der Waals surface area contributed by atoms with Gasteiger partial charge in [-0.3, -0.25) is 0 Å². The minimum atomic E-state index is 0.753. The van der Waals surface area contributed by atoms with Crippen molar-refractivity contribution in [3.63, 3.8) is 0 Å². The Balaban J connectivity index is 2.20. The Morgan fingerprint density at radius 2 is 1.87 bits per heavy atom. The highest BCUT2D eigenvalue weighted by Gasteiger charge is 2.11. The molecule has 0 bridgehead atoms. The van der Waals surface area contributed by atoms with Gasteiger partial charge in [-0.15, -0.1) is 11.8 Å². The lowest BCUT2D eigenvalue weighted by Gasteiger charge is -2.21. The van der Waals surface area contributed by atoms with Crippen molar-refractivity contribution in [3.05, 3.63) is 47.0 Å². The van der Waals surface area contributed by atoms with Crippen LogP contribution in [0.5, 0.6) is 0 Å². The average Bonchev–Trinajstić information content (AvgIpc) is 2.57. The molecule has 1 aromatic carbocycles. The standard InChI is InChI=1S/C17H18ClN3S2/c1-3-21(4-2)17-15(19-12-22)9-10-16(20-17)23-11-13-5-7-14(18)8-6-13/h5-10H,3-4,11H2,1-2H3. The van der Waals surface area contributed by atoms with Gasteiger partial charge in [-0.05, 0) is 55.9 Å². The van der Waals surface area contributed by atoms with Gasteiger partial charge in [0.25, 0.3) is 0 Å². The highest BCUT2D eigenvalue weighted by molar-refractivity contribution is 7.98. The highest BCUT2D eigenvalue weighted by Crippen LogP contribution is 2.31. The number of anilines is 1. The summed E-state index contributed by atoms with van der Waals surface area (Å²) in [4.78, 5) is 11.0. The summed E-state index contributed by atoms with van der Waals surface area (Å²) in [5, 5.41) is 4.15. The molecule has 0 saturated carbocycles. The zero-order chi connectivity index (χ0) is 16.7. The number of aromatic nitrogens is 1. The van der Waals surface area contributed by atoms with Gasteiger partial charge in [-0.1, -0.05) is 23.7 Å². The molecule has 0 saturated heterocycles. The molecule has 0 spiro atoms. The third-order valence-corrected chi connectivity index (χ3v) is 4.70. The maximum absolute atomic E-state index is 5.91. The number of aliphatic imine (C=N–C) groups is 1. The Labute approximate surface area is 151 Å². The lowest BCUT2D eigenvalue weighted by Crippen LogP contribution is -2.23.